The number of halogens is 2. The minimum Gasteiger partial charge on any atom is -0.342 e. The van der Waals surface area contributed by atoms with Gasteiger partial charge in [-0.1, -0.05) is 52.7 Å². The number of rotatable bonds is 7. The summed E-state index contributed by atoms with van der Waals surface area (Å²) in [7, 11) is 1.80. The van der Waals surface area contributed by atoms with Gasteiger partial charge in [0.1, 0.15) is 0 Å². The van der Waals surface area contributed by atoms with E-state index in [1.54, 1.807) is 35.9 Å². The number of amides is 2. The number of hydrogen-bond donors (Lipinski definition) is 2. The Hall–Kier alpha value is -2.55. The minimum absolute atomic E-state index is 0.135. The van der Waals surface area contributed by atoms with E-state index in [1.807, 2.05) is 32.0 Å². The Morgan fingerprint density at radius 1 is 1.13 bits per heavy atom. The fourth-order valence-electron chi connectivity index (χ4n) is 2.86. The molecule has 1 atom stereocenters. The van der Waals surface area contributed by atoms with E-state index in [2.05, 4.69) is 20.8 Å². The molecule has 0 aliphatic carbocycles. The normalized spacial score (nSPS) is 11.8. The fourth-order valence-corrected chi connectivity index (χ4v) is 3.88. The third-order valence-corrected chi connectivity index (χ3v) is 6.18. The highest BCUT2D eigenvalue weighted by atomic mass is 35.5. The van der Waals surface area contributed by atoms with Gasteiger partial charge in [-0.25, -0.2) is 0 Å². The average molecular weight is 478 g/mol. The Balaban J connectivity index is 1.58. The number of benzene rings is 2. The molecule has 3 rings (SSSR count). The van der Waals surface area contributed by atoms with E-state index in [0.29, 0.717) is 32.3 Å². The van der Waals surface area contributed by atoms with E-state index in [1.165, 1.54) is 11.8 Å². The summed E-state index contributed by atoms with van der Waals surface area (Å²) < 4.78 is 1.76. The number of carbonyl (C=O) groups is 2. The number of nitrogens with one attached hydrogen (secondary N) is 2. The lowest BCUT2D eigenvalue weighted by Crippen LogP contribution is -2.28. The van der Waals surface area contributed by atoms with Crippen LogP contribution in [0, 0.1) is 6.92 Å². The van der Waals surface area contributed by atoms with Crippen molar-refractivity contribution in [3.8, 4) is 0 Å². The molecule has 2 aromatic carbocycles. The maximum absolute atomic E-state index is 12.5. The van der Waals surface area contributed by atoms with Crippen LogP contribution in [0.1, 0.15) is 34.7 Å². The Labute approximate surface area is 194 Å². The Morgan fingerprint density at radius 3 is 2.61 bits per heavy atom. The van der Waals surface area contributed by atoms with Gasteiger partial charge in [0.05, 0.1) is 21.8 Å². The van der Waals surface area contributed by atoms with Gasteiger partial charge < -0.3 is 15.2 Å². The summed E-state index contributed by atoms with van der Waals surface area (Å²) in [5, 5.41) is 15.4. The summed E-state index contributed by atoms with van der Waals surface area (Å²) in [4.78, 5) is 24.7. The fraction of sp³-hybridized carbons (Fsp3) is 0.238. The smallest absolute Gasteiger partial charge is 0.251 e. The highest BCUT2D eigenvalue weighted by Gasteiger charge is 2.19. The van der Waals surface area contributed by atoms with E-state index in [0.717, 1.165) is 5.56 Å². The largest absolute Gasteiger partial charge is 0.342 e. The zero-order chi connectivity index (χ0) is 22.5. The molecule has 1 aromatic heterocycles. The van der Waals surface area contributed by atoms with Crippen LogP contribution in [0.25, 0.3) is 0 Å². The van der Waals surface area contributed by atoms with Crippen molar-refractivity contribution in [3.05, 3.63) is 69.5 Å². The zero-order valence-electron chi connectivity index (χ0n) is 17.1. The molecule has 162 valence electrons. The number of carbonyl (C=O) groups excluding carboxylic acids is 2. The van der Waals surface area contributed by atoms with Gasteiger partial charge in [-0.3, -0.25) is 9.59 Å². The molecule has 0 radical (unpaired) electrons. The van der Waals surface area contributed by atoms with E-state index >= 15 is 0 Å². The summed E-state index contributed by atoms with van der Waals surface area (Å²) >= 11 is 13.1. The SMILES string of the molecule is Cc1cccc(C(=O)N[C@@H](C)c2nnc(SCC(=O)Nc3ccc(Cl)c(Cl)c3)n2C)c1. The van der Waals surface area contributed by atoms with Crippen LogP contribution in [0.2, 0.25) is 10.0 Å². The summed E-state index contributed by atoms with van der Waals surface area (Å²) in [6.45, 7) is 3.77. The first-order chi connectivity index (χ1) is 14.7. The highest BCUT2D eigenvalue weighted by molar-refractivity contribution is 7.99. The molecule has 0 aliphatic heterocycles. The first-order valence-corrected chi connectivity index (χ1v) is 11.1. The molecule has 31 heavy (non-hydrogen) atoms. The van der Waals surface area contributed by atoms with Crippen molar-refractivity contribution < 1.29 is 9.59 Å². The molecule has 2 amide bonds. The lowest BCUT2D eigenvalue weighted by atomic mass is 10.1. The van der Waals surface area contributed by atoms with E-state index in [4.69, 9.17) is 23.2 Å². The molecule has 0 spiro atoms. The molecule has 10 heteroatoms. The van der Waals surface area contributed by atoms with E-state index in [9.17, 15) is 9.59 Å². The Bertz CT molecular complexity index is 1120. The number of aromatic nitrogens is 3. The van der Waals surface area contributed by atoms with Crippen molar-refractivity contribution in [3.63, 3.8) is 0 Å². The summed E-state index contributed by atoms with van der Waals surface area (Å²) in [5.41, 5.74) is 2.16. The number of anilines is 1. The summed E-state index contributed by atoms with van der Waals surface area (Å²) in [6, 6.07) is 11.9. The van der Waals surface area contributed by atoms with Crippen LogP contribution in [-0.2, 0) is 11.8 Å². The Kier molecular flexibility index (Phi) is 7.59. The molecule has 7 nitrogen and oxygen atoms in total. The average Bonchev–Trinajstić information content (AvgIpc) is 3.09. The van der Waals surface area contributed by atoms with Crippen molar-refractivity contribution in [1.29, 1.82) is 0 Å². The minimum atomic E-state index is -0.357. The summed E-state index contributed by atoms with van der Waals surface area (Å²) in [6.07, 6.45) is 0. The molecule has 0 unspecified atom stereocenters. The van der Waals surface area contributed by atoms with Gasteiger partial charge in [-0.05, 0) is 44.2 Å². The molecular weight excluding hydrogens is 457 g/mol. The second kappa shape index (κ2) is 10.2. The number of nitrogens with zero attached hydrogens (tertiary/aromatic N) is 3. The zero-order valence-corrected chi connectivity index (χ0v) is 19.5. The van der Waals surface area contributed by atoms with Crippen molar-refractivity contribution in [2.45, 2.75) is 25.0 Å². The molecule has 1 heterocycles. The second-order valence-corrected chi connectivity index (χ2v) is 8.69. The molecule has 2 N–H and O–H groups in total. The van der Waals surface area contributed by atoms with Gasteiger partial charge in [0.2, 0.25) is 5.91 Å². The van der Waals surface area contributed by atoms with Crippen LogP contribution in [0.5, 0.6) is 0 Å². The van der Waals surface area contributed by atoms with Crippen LogP contribution in [-0.4, -0.2) is 32.3 Å². The van der Waals surface area contributed by atoms with Gasteiger partial charge in [-0.15, -0.1) is 10.2 Å². The lowest BCUT2D eigenvalue weighted by Gasteiger charge is -2.14. The van der Waals surface area contributed by atoms with Crippen LogP contribution < -0.4 is 10.6 Å². The summed E-state index contributed by atoms with van der Waals surface area (Å²) in [5.74, 6) is 0.326. The Morgan fingerprint density at radius 2 is 1.90 bits per heavy atom. The lowest BCUT2D eigenvalue weighted by molar-refractivity contribution is -0.113. The third-order valence-electron chi connectivity index (χ3n) is 4.42. The second-order valence-electron chi connectivity index (χ2n) is 6.93. The first kappa shape index (κ1) is 23.1. The number of aryl methyl sites for hydroxylation is 1. The molecule has 0 fully saturated rings. The monoisotopic (exact) mass is 477 g/mol. The molecule has 0 aliphatic rings. The van der Waals surface area contributed by atoms with Crippen LogP contribution in [0.4, 0.5) is 5.69 Å². The van der Waals surface area contributed by atoms with E-state index < -0.39 is 0 Å². The first-order valence-electron chi connectivity index (χ1n) is 9.39. The van der Waals surface area contributed by atoms with Gasteiger partial charge in [-0.2, -0.15) is 0 Å². The van der Waals surface area contributed by atoms with Gasteiger partial charge in [0.15, 0.2) is 11.0 Å². The predicted molar refractivity (Wildman–Crippen MR) is 124 cm³/mol. The van der Waals surface area contributed by atoms with Crippen molar-refractivity contribution in [2.24, 2.45) is 7.05 Å². The molecule has 0 saturated heterocycles. The maximum atomic E-state index is 12.5. The third kappa shape index (κ3) is 6.00. The van der Waals surface area contributed by atoms with Crippen molar-refractivity contribution in [1.82, 2.24) is 20.1 Å². The van der Waals surface area contributed by atoms with E-state index in [-0.39, 0.29) is 23.6 Å². The van der Waals surface area contributed by atoms with Crippen LogP contribution in [0.3, 0.4) is 0 Å². The topological polar surface area (TPSA) is 88.9 Å². The maximum Gasteiger partial charge on any atom is 0.251 e. The molecule has 0 bridgehead atoms. The number of thioether (sulfide) groups is 1. The molecule has 0 saturated carbocycles. The quantitative estimate of drug-likeness (QED) is 0.483. The molecular formula is C21H21Cl2N5O2S. The van der Waals surface area contributed by atoms with Gasteiger partial charge in [0.25, 0.3) is 5.91 Å². The number of hydrogen-bond acceptors (Lipinski definition) is 5. The van der Waals surface area contributed by atoms with Gasteiger partial charge in [0, 0.05) is 18.3 Å². The molecule has 3 aromatic rings. The highest BCUT2D eigenvalue weighted by Crippen LogP contribution is 2.25. The van der Waals surface area contributed by atoms with Crippen molar-refractivity contribution >= 4 is 52.5 Å². The van der Waals surface area contributed by atoms with Crippen LogP contribution >= 0.6 is 35.0 Å². The van der Waals surface area contributed by atoms with Crippen LogP contribution in [0.15, 0.2) is 47.6 Å². The van der Waals surface area contributed by atoms with Gasteiger partial charge >= 0.3 is 0 Å². The standard InChI is InChI=1S/C21H21Cl2N5O2S/c1-12-5-4-6-14(9-12)20(30)24-13(2)19-26-27-21(28(19)3)31-11-18(29)25-15-7-8-16(22)17(23)10-15/h4-10,13H,11H2,1-3H3,(H,24,30)(H,25,29)/t13-/m0/s1. The predicted octanol–water partition coefficient (Wildman–Crippen LogP) is 4.65. The van der Waals surface area contributed by atoms with Crippen molar-refractivity contribution in [2.75, 3.05) is 11.1 Å².